The van der Waals surface area contributed by atoms with E-state index in [1.54, 1.807) is 18.3 Å². The lowest BCUT2D eigenvalue weighted by atomic mass is 10.1. The van der Waals surface area contributed by atoms with Crippen LogP contribution in [-0.2, 0) is 4.79 Å². The van der Waals surface area contributed by atoms with Crippen molar-refractivity contribution >= 4 is 17.9 Å². The van der Waals surface area contributed by atoms with E-state index in [-0.39, 0.29) is 0 Å². The van der Waals surface area contributed by atoms with Crippen molar-refractivity contribution in [2.45, 2.75) is 20.8 Å². The van der Waals surface area contributed by atoms with Crippen molar-refractivity contribution in [3.63, 3.8) is 0 Å². The highest BCUT2D eigenvalue weighted by atomic mass is 16.5. The summed E-state index contributed by atoms with van der Waals surface area (Å²) in [7, 11) is 0. The number of carboxylic acid groups (broad SMARTS) is 1. The molecule has 1 N–H and O–H groups in total. The highest BCUT2D eigenvalue weighted by molar-refractivity contribution is 5.83. The number of aryl methyl sites for hydroxylation is 1. The van der Waals surface area contributed by atoms with Gasteiger partial charge in [-0.25, -0.2) is 4.79 Å². The summed E-state index contributed by atoms with van der Waals surface area (Å²) < 4.78 is 10.8. The summed E-state index contributed by atoms with van der Waals surface area (Å²) in [5.74, 6) is -0.121. The summed E-state index contributed by atoms with van der Waals surface area (Å²) in [5.41, 5.74) is 4.10. The molecule has 2 aromatic rings. The van der Waals surface area contributed by atoms with Gasteiger partial charge in [-0.2, -0.15) is 0 Å². The van der Waals surface area contributed by atoms with Crippen LogP contribution in [0.2, 0.25) is 0 Å². The Morgan fingerprint density at radius 2 is 1.96 bits per heavy atom. The molecule has 0 aliphatic heterocycles. The fraction of sp³-hybridized carbons (Fsp3) is 0.263. The molecule has 2 rings (SSSR count). The Labute approximate surface area is 141 Å². The third-order valence-corrected chi connectivity index (χ3v) is 3.55. The van der Waals surface area contributed by atoms with E-state index in [4.69, 9.17) is 14.6 Å². The van der Waals surface area contributed by atoms with E-state index in [1.165, 1.54) is 5.56 Å². The van der Waals surface area contributed by atoms with Gasteiger partial charge in [0.1, 0.15) is 0 Å². The predicted octanol–water partition coefficient (Wildman–Crippen LogP) is 3.92. The van der Waals surface area contributed by atoms with Gasteiger partial charge in [0.05, 0.1) is 12.3 Å². The monoisotopic (exact) mass is 327 g/mol. The molecule has 0 fully saturated rings. The summed E-state index contributed by atoms with van der Waals surface area (Å²) in [4.78, 5) is 15.2. The molecule has 0 spiro atoms. The quantitative estimate of drug-likeness (QED) is 0.783. The fourth-order valence-electron chi connectivity index (χ4n) is 2.15. The molecule has 0 heterocycles. The second-order valence-corrected chi connectivity index (χ2v) is 5.30. The number of carboxylic acids is 1. The van der Waals surface area contributed by atoms with Crippen LogP contribution < -0.4 is 9.47 Å². The zero-order valence-corrected chi connectivity index (χ0v) is 14.1. The lowest BCUT2D eigenvalue weighted by Crippen LogP contribution is -2.10. The van der Waals surface area contributed by atoms with Crippen molar-refractivity contribution in [2.75, 3.05) is 13.2 Å². The van der Waals surface area contributed by atoms with Crippen LogP contribution in [0.4, 0.5) is 5.69 Å². The van der Waals surface area contributed by atoms with Gasteiger partial charge in [0.15, 0.2) is 18.1 Å². The number of aliphatic carboxylic acids is 1. The average Bonchev–Trinajstić information content (AvgIpc) is 2.55. The second kappa shape index (κ2) is 8.15. The number of hydrogen-bond donors (Lipinski definition) is 1. The minimum Gasteiger partial charge on any atom is -0.490 e. The number of carbonyl (C=O) groups is 1. The van der Waals surface area contributed by atoms with Crippen molar-refractivity contribution < 1.29 is 19.4 Å². The Balaban J connectivity index is 2.24. The Morgan fingerprint density at radius 1 is 1.17 bits per heavy atom. The molecule has 5 heteroatoms. The molecular formula is C19H21NO4. The minimum atomic E-state index is -1.03. The van der Waals surface area contributed by atoms with Crippen LogP contribution in [0.1, 0.15) is 23.6 Å². The first-order valence-electron chi connectivity index (χ1n) is 7.73. The standard InChI is InChI=1S/C19H21NO4/c1-4-23-18-10-15(8-9-17(18)24-12-19(21)22)11-20-16-7-5-6-13(2)14(16)3/h5-11H,4,12H2,1-3H3,(H,21,22). The maximum Gasteiger partial charge on any atom is 0.341 e. The summed E-state index contributed by atoms with van der Waals surface area (Å²) in [6.45, 7) is 6.00. The van der Waals surface area contributed by atoms with E-state index in [1.807, 2.05) is 32.0 Å². The zero-order chi connectivity index (χ0) is 17.5. The van der Waals surface area contributed by atoms with E-state index in [0.29, 0.717) is 18.1 Å². The highest BCUT2D eigenvalue weighted by Gasteiger charge is 2.08. The van der Waals surface area contributed by atoms with Crippen LogP contribution in [0.25, 0.3) is 0 Å². The number of hydrogen-bond acceptors (Lipinski definition) is 4. The van der Waals surface area contributed by atoms with Gasteiger partial charge < -0.3 is 14.6 Å². The predicted molar refractivity (Wildman–Crippen MR) is 93.9 cm³/mol. The molecule has 0 bridgehead atoms. The van der Waals surface area contributed by atoms with E-state index in [2.05, 4.69) is 18.0 Å². The van der Waals surface area contributed by atoms with E-state index < -0.39 is 12.6 Å². The Bertz CT molecular complexity index is 753. The van der Waals surface area contributed by atoms with Crippen LogP contribution in [0.15, 0.2) is 41.4 Å². The molecule has 0 saturated carbocycles. The topological polar surface area (TPSA) is 68.1 Å². The SMILES string of the molecule is CCOc1cc(C=Nc2cccc(C)c2C)ccc1OCC(=O)O. The number of ether oxygens (including phenoxy) is 2. The van der Waals surface area contributed by atoms with Crippen molar-refractivity contribution in [1.29, 1.82) is 0 Å². The molecule has 0 atom stereocenters. The van der Waals surface area contributed by atoms with Gasteiger partial charge in [0, 0.05) is 6.21 Å². The summed E-state index contributed by atoms with van der Waals surface area (Å²) in [6.07, 6.45) is 1.76. The summed E-state index contributed by atoms with van der Waals surface area (Å²) in [6, 6.07) is 11.3. The second-order valence-electron chi connectivity index (χ2n) is 5.30. The van der Waals surface area contributed by atoms with Gasteiger partial charge in [0.2, 0.25) is 0 Å². The molecule has 0 aliphatic rings. The van der Waals surface area contributed by atoms with Crippen LogP contribution in [0, 0.1) is 13.8 Å². The normalized spacial score (nSPS) is 10.8. The summed E-state index contributed by atoms with van der Waals surface area (Å²) >= 11 is 0. The molecular weight excluding hydrogens is 306 g/mol. The third kappa shape index (κ3) is 4.59. The molecule has 0 unspecified atom stereocenters. The Kier molecular flexibility index (Phi) is 5.95. The minimum absolute atomic E-state index is 0.406. The Hall–Kier alpha value is -2.82. The molecule has 0 amide bonds. The van der Waals surface area contributed by atoms with E-state index in [9.17, 15) is 4.79 Å². The third-order valence-electron chi connectivity index (χ3n) is 3.55. The molecule has 24 heavy (non-hydrogen) atoms. The van der Waals surface area contributed by atoms with Crippen LogP contribution >= 0.6 is 0 Å². The van der Waals surface area contributed by atoms with Crippen molar-refractivity contribution in [1.82, 2.24) is 0 Å². The van der Waals surface area contributed by atoms with E-state index in [0.717, 1.165) is 16.8 Å². The molecule has 2 aromatic carbocycles. The number of aliphatic imine (C=N–C) groups is 1. The lowest BCUT2D eigenvalue weighted by molar-refractivity contribution is -0.139. The number of nitrogens with zero attached hydrogens (tertiary/aromatic N) is 1. The van der Waals surface area contributed by atoms with Crippen molar-refractivity contribution in [3.05, 3.63) is 53.1 Å². The zero-order valence-electron chi connectivity index (χ0n) is 14.1. The van der Waals surface area contributed by atoms with Crippen LogP contribution in [0.3, 0.4) is 0 Å². The average molecular weight is 327 g/mol. The van der Waals surface area contributed by atoms with Gasteiger partial charge in [-0.05, 0) is 61.7 Å². The summed E-state index contributed by atoms with van der Waals surface area (Å²) in [5, 5.41) is 8.72. The van der Waals surface area contributed by atoms with Crippen LogP contribution in [0.5, 0.6) is 11.5 Å². The van der Waals surface area contributed by atoms with Gasteiger partial charge in [0.25, 0.3) is 0 Å². The van der Waals surface area contributed by atoms with Gasteiger partial charge in [-0.1, -0.05) is 12.1 Å². The first-order chi connectivity index (χ1) is 11.5. The molecule has 0 saturated heterocycles. The van der Waals surface area contributed by atoms with Crippen molar-refractivity contribution in [2.24, 2.45) is 4.99 Å². The maximum absolute atomic E-state index is 10.6. The largest absolute Gasteiger partial charge is 0.490 e. The Morgan fingerprint density at radius 3 is 2.67 bits per heavy atom. The van der Waals surface area contributed by atoms with Gasteiger partial charge in [-0.15, -0.1) is 0 Å². The molecule has 0 radical (unpaired) electrons. The van der Waals surface area contributed by atoms with E-state index >= 15 is 0 Å². The first-order valence-corrected chi connectivity index (χ1v) is 7.73. The molecule has 0 aromatic heterocycles. The molecule has 126 valence electrons. The first kappa shape index (κ1) is 17.5. The molecule has 5 nitrogen and oxygen atoms in total. The molecule has 0 aliphatic carbocycles. The van der Waals surface area contributed by atoms with Gasteiger partial charge in [-0.3, -0.25) is 4.99 Å². The van der Waals surface area contributed by atoms with Crippen molar-refractivity contribution in [3.8, 4) is 11.5 Å². The lowest BCUT2D eigenvalue weighted by Gasteiger charge is -2.11. The number of rotatable bonds is 7. The fourth-order valence-corrected chi connectivity index (χ4v) is 2.15. The smallest absolute Gasteiger partial charge is 0.341 e. The maximum atomic E-state index is 10.6. The number of benzene rings is 2. The van der Waals surface area contributed by atoms with Gasteiger partial charge >= 0.3 is 5.97 Å². The highest BCUT2D eigenvalue weighted by Crippen LogP contribution is 2.28. The van der Waals surface area contributed by atoms with Crippen LogP contribution in [-0.4, -0.2) is 30.5 Å².